The summed E-state index contributed by atoms with van der Waals surface area (Å²) in [6, 6.07) is 11.3. The highest BCUT2D eigenvalue weighted by Gasteiger charge is 2.19. The van der Waals surface area contributed by atoms with Crippen LogP contribution in [0.4, 0.5) is 10.1 Å². The van der Waals surface area contributed by atoms with Crippen LogP contribution in [0.5, 0.6) is 0 Å². The third kappa shape index (κ3) is 4.39. The maximum atomic E-state index is 13.5. The Morgan fingerprint density at radius 2 is 1.87 bits per heavy atom. The third-order valence-electron chi connectivity index (χ3n) is 3.35. The molecule has 0 aliphatic carbocycles. The molecule has 1 amide bonds. The predicted molar refractivity (Wildman–Crippen MR) is 85.8 cm³/mol. The van der Waals surface area contributed by atoms with Gasteiger partial charge in [-0.15, -0.1) is 0 Å². The van der Waals surface area contributed by atoms with E-state index in [-0.39, 0.29) is 5.56 Å². The Kier molecular flexibility index (Phi) is 5.11. The normalized spacial score (nSPS) is 11.7. The number of rotatable bonds is 4. The number of amides is 1. The van der Waals surface area contributed by atoms with Crippen LogP contribution in [0.15, 0.2) is 42.5 Å². The van der Waals surface area contributed by atoms with Gasteiger partial charge in [-0.2, -0.15) is 0 Å². The van der Waals surface area contributed by atoms with Crippen LogP contribution in [-0.2, 0) is 9.53 Å². The van der Waals surface area contributed by atoms with Crippen molar-refractivity contribution in [3.63, 3.8) is 0 Å². The van der Waals surface area contributed by atoms with Crippen LogP contribution in [0.2, 0.25) is 0 Å². The predicted octanol–water partition coefficient (Wildman–Crippen LogP) is 3.63. The van der Waals surface area contributed by atoms with Crippen molar-refractivity contribution in [1.82, 2.24) is 0 Å². The Labute approximate surface area is 134 Å². The quantitative estimate of drug-likeness (QED) is 0.877. The first-order valence-corrected chi connectivity index (χ1v) is 7.21. The lowest BCUT2D eigenvalue weighted by Crippen LogP contribution is -2.30. The largest absolute Gasteiger partial charge is 0.449 e. The van der Waals surface area contributed by atoms with Crippen molar-refractivity contribution in [3.8, 4) is 0 Å². The van der Waals surface area contributed by atoms with Crippen LogP contribution in [0.1, 0.15) is 28.4 Å². The minimum Gasteiger partial charge on any atom is -0.449 e. The molecule has 0 saturated carbocycles. The zero-order valence-corrected chi connectivity index (χ0v) is 13.2. The molecule has 23 heavy (non-hydrogen) atoms. The lowest BCUT2D eigenvalue weighted by Gasteiger charge is -2.14. The van der Waals surface area contributed by atoms with Crippen LogP contribution in [0, 0.1) is 19.7 Å². The maximum Gasteiger partial charge on any atom is 0.339 e. The summed E-state index contributed by atoms with van der Waals surface area (Å²) in [6.45, 7) is 4.97. The second-order valence-corrected chi connectivity index (χ2v) is 5.37. The van der Waals surface area contributed by atoms with Crippen molar-refractivity contribution in [2.24, 2.45) is 0 Å². The van der Waals surface area contributed by atoms with Crippen LogP contribution in [-0.4, -0.2) is 18.0 Å². The van der Waals surface area contributed by atoms with E-state index < -0.39 is 23.8 Å². The second kappa shape index (κ2) is 7.05. The molecular weight excluding hydrogens is 297 g/mol. The second-order valence-electron chi connectivity index (χ2n) is 5.37. The summed E-state index contributed by atoms with van der Waals surface area (Å²) < 4.78 is 18.6. The standard InChI is InChI=1S/C18H18FNO3/c1-11-5-4-6-15(9-11)20-17(21)13(3)23-18(22)14-8-7-12(2)16(19)10-14/h4-10,13H,1-3H3,(H,20,21)/t13-/m1/s1. The molecule has 4 nitrogen and oxygen atoms in total. The van der Waals surface area contributed by atoms with Crippen LogP contribution in [0.25, 0.3) is 0 Å². The Bertz CT molecular complexity index is 743. The van der Waals surface area contributed by atoms with Gasteiger partial charge in [0.15, 0.2) is 6.10 Å². The average molecular weight is 315 g/mol. The van der Waals surface area contributed by atoms with Crippen molar-refractivity contribution in [3.05, 3.63) is 65.0 Å². The monoisotopic (exact) mass is 315 g/mol. The smallest absolute Gasteiger partial charge is 0.339 e. The van der Waals surface area contributed by atoms with Crippen LogP contribution >= 0.6 is 0 Å². The fourth-order valence-electron chi connectivity index (χ4n) is 1.97. The summed E-state index contributed by atoms with van der Waals surface area (Å²) in [5.41, 5.74) is 2.14. The zero-order chi connectivity index (χ0) is 17.0. The van der Waals surface area contributed by atoms with E-state index in [0.29, 0.717) is 11.3 Å². The lowest BCUT2D eigenvalue weighted by atomic mass is 10.1. The first kappa shape index (κ1) is 16.7. The molecule has 0 saturated heterocycles. The number of halogens is 1. The highest BCUT2D eigenvalue weighted by atomic mass is 19.1. The number of anilines is 1. The fraction of sp³-hybridized carbons (Fsp3) is 0.222. The first-order valence-electron chi connectivity index (χ1n) is 7.21. The van der Waals surface area contributed by atoms with Gasteiger partial charge in [-0.25, -0.2) is 9.18 Å². The number of ether oxygens (including phenoxy) is 1. The number of carbonyl (C=O) groups excluding carboxylic acids is 2. The summed E-state index contributed by atoms with van der Waals surface area (Å²) in [7, 11) is 0. The van der Waals surface area contributed by atoms with Crippen molar-refractivity contribution >= 4 is 17.6 Å². The molecule has 0 spiro atoms. The minimum atomic E-state index is -0.993. The number of hydrogen-bond acceptors (Lipinski definition) is 3. The van der Waals surface area contributed by atoms with Gasteiger partial charge in [0.2, 0.25) is 0 Å². The van der Waals surface area contributed by atoms with Crippen molar-refractivity contribution in [1.29, 1.82) is 0 Å². The number of nitrogens with one attached hydrogen (secondary N) is 1. The summed E-state index contributed by atoms with van der Waals surface area (Å²) in [5, 5.41) is 2.67. The van der Waals surface area contributed by atoms with E-state index in [1.54, 1.807) is 13.0 Å². The Balaban J connectivity index is 2.00. The molecule has 0 fully saturated rings. The molecule has 0 aromatic heterocycles. The summed E-state index contributed by atoms with van der Waals surface area (Å²) in [4.78, 5) is 24.0. The highest BCUT2D eigenvalue weighted by molar-refractivity contribution is 5.97. The molecule has 1 atom stereocenters. The molecule has 0 aliphatic heterocycles. The van der Waals surface area contributed by atoms with Crippen molar-refractivity contribution in [2.45, 2.75) is 26.9 Å². The van der Waals surface area contributed by atoms with Gasteiger partial charge in [-0.3, -0.25) is 4.79 Å². The first-order chi connectivity index (χ1) is 10.9. The highest BCUT2D eigenvalue weighted by Crippen LogP contribution is 2.13. The van der Waals surface area contributed by atoms with Crippen molar-refractivity contribution < 1.29 is 18.7 Å². The van der Waals surface area contributed by atoms with E-state index in [4.69, 9.17) is 4.74 Å². The van der Waals surface area contributed by atoms with E-state index in [1.807, 2.05) is 25.1 Å². The van der Waals surface area contributed by atoms with Gasteiger partial charge in [-0.1, -0.05) is 18.2 Å². The molecule has 2 aromatic carbocycles. The molecule has 0 aliphatic rings. The van der Waals surface area contributed by atoms with Gasteiger partial charge in [0, 0.05) is 5.69 Å². The summed E-state index contributed by atoms with van der Waals surface area (Å²) in [5.74, 6) is -1.68. The third-order valence-corrected chi connectivity index (χ3v) is 3.35. The minimum absolute atomic E-state index is 0.0725. The van der Waals surface area contributed by atoms with Crippen LogP contribution in [0.3, 0.4) is 0 Å². The number of carbonyl (C=O) groups is 2. The maximum absolute atomic E-state index is 13.5. The van der Waals surface area contributed by atoms with Crippen LogP contribution < -0.4 is 5.32 Å². The van der Waals surface area contributed by atoms with Gasteiger partial charge >= 0.3 is 5.97 Å². The molecule has 1 N–H and O–H groups in total. The van der Waals surface area contributed by atoms with E-state index in [1.165, 1.54) is 19.1 Å². The summed E-state index contributed by atoms with van der Waals surface area (Å²) >= 11 is 0. The van der Waals surface area contributed by atoms with Gasteiger partial charge in [0.25, 0.3) is 5.91 Å². The van der Waals surface area contributed by atoms with Gasteiger partial charge in [-0.05, 0) is 56.2 Å². The Morgan fingerprint density at radius 3 is 2.52 bits per heavy atom. The number of hydrogen-bond donors (Lipinski definition) is 1. The van der Waals surface area contributed by atoms with E-state index in [0.717, 1.165) is 11.6 Å². The number of aryl methyl sites for hydroxylation is 2. The topological polar surface area (TPSA) is 55.4 Å². The van der Waals surface area contributed by atoms with Gasteiger partial charge < -0.3 is 10.1 Å². The van der Waals surface area contributed by atoms with E-state index >= 15 is 0 Å². The molecule has 0 unspecified atom stereocenters. The molecule has 5 heteroatoms. The Hall–Kier alpha value is -2.69. The van der Waals surface area contributed by atoms with Gasteiger partial charge in [0.05, 0.1) is 5.56 Å². The molecule has 0 bridgehead atoms. The SMILES string of the molecule is Cc1cccc(NC(=O)[C@@H](C)OC(=O)c2ccc(C)c(F)c2)c1. The molecule has 120 valence electrons. The molecule has 2 rings (SSSR count). The zero-order valence-electron chi connectivity index (χ0n) is 13.2. The average Bonchev–Trinajstić information content (AvgIpc) is 2.49. The van der Waals surface area contributed by atoms with Gasteiger partial charge in [0.1, 0.15) is 5.82 Å². The molecular formula is C18H18FNO3. The Morgan fingerprint density at radius 1 is 1.13 bits per heavy atom. The van der Waals surface area contributed by atoms with E-state index in [9.17, 15) is 14.0 Å². The molecule has 0 radical (unpaired) electrons. The lowest BCUT2D eigenvalue weighted by molar-refractivity contribution is -0.123. The molecule has 0 heterocycles. The van der Waals surface area contributed by atoms with E-state index in [2.05, 4.69) is 5.32 Å². The summed E-state index contributed by atoms with van der Waals surface area (Å²) in [6.07, 6.45) is -0.993. The molecule has 2 aromatic rings. The fourth-order valence-corrected chi connectivity index (χ4v) is 1.97. The number of benzene rings is 2. The van der Waals surface area contributed by atoms with Crippen molar-refractivity contribution in [2.75, 3.05) is 5.32 Å². The number of esters is 1.